The first kappa shape index (κ1) is 12.0. The van der Waals surface area contributed by atoms with Crippen molar-refractivity contribution in [3.8, 4) is 5.75 Å². The molecule has 0 unspecified atom stereocenters. The lowest BCUT2D eigenvalue weighted by Crippen LogP contribution is -2.13. The standard InChI is InChI=1S/C12H14ClN3O/c1-16-5-4-10(15-16)8-14-7-9-2-3-12(17)11(13)6-9/h2-6,14,17H,7-8H2,1H3. The van der Waals surface area contributed by atoms with Gasteiger partial charge in [-0.3, -0.25) is 4.68 Å². The van der Waals surface area contributed by atoms with Crippen LogP contribution in [0.5, 0.6) is 5.75 Å². The van der Waals surface area contributed by atoms with Gasteiger partial charge in [-0.05, 0) is 23.8 Å². The van der Waals surface area contributed by atoms with Gasteiger partial charge >= 0.3 is 0 Å². The van der Waals surface area contributed by atoms with Crippen molar-refractivity contribution >= 4 is 11.6 Å². The molecule has 17 heavy (non-hydrogen) atoms. The van der Waals surface area contributed by atoms with Crippen LogP contribution < -0.4 is 5.32 Å². The van der Waals surface area contributed by atoms with E-state index in [-0.39, 0.29) is 5.75 Å². The number of aromatic hydroxyl groups is 1. The molecule has 0 aliphatic rings. The molecule has 2 rings (SSSR count). The Bertz CT molecular complexity index is 510. The number of benzene rings is 1. The van der Waals surface area contributed by atoms with Gasteiger partial charge in [0.05, 0.1) is 10.7 Å². The summed E-state index contributed by atoms with van der Waals surface area (Å²) in [5.41, 5.74) is 2.03. The van der Waals surface area contributed by atoms with E-state index in [2.05, 4.69) is 10.4 Å². The molecule has 0 fully saturated rings. The summed E-state index contributed by atoms with van der Waals surface area (Å²) in [6.45, 7) is 1.40. The molecule has 0 amide bonds. The van der Waals surface area contributed by atoms with Crippen LogP contribution in [0.25, 0.3) is 0 Å². The van der Waals surface area contributed by atoms with E-state index >= 15 is 0 Å². The molecule has 2 aromatic rings. The van der Waals surface area contributed by atoms with Gasteiger partial charge in [0.25, 0.3) is 0 Å². The predicted octanol–water partition coefficient (Wildman–Crippen LogP) is 2.07. The smallest absolute Gasteiger partial charge is 0.134 e. The number of aryl methyl sites for hydroxylation is 1. The summed E-state index contributed by atoms with van der Waals surface area (Å²) in [5, 5.41) is 17.2. The minimum atomic E-state index is 0.111. The summed E-state index contributed by atoms with van der Waals surface area (Å²) in [6.07, 6.45) is 1.91. The monoisotopic (exact) mass is 251 g/mol. The van der Waals surface area contributed by atoms with Gasteiger partial charge in [0.1, 0.15) is 5.75 Å². The van der Waals surface area contributed by atoms with Crippen molar-refractivity contribution in [1.82, 2.24) is 15.1 Å². The molecule has 0 radical (unpaired) electrons. The Hall–Kier alpha value is -1.52. The third kappa shape index (κ3) is 3.22. The number of phenols is 1. The number of hydrogen-bond donors (Lipinski definition) is 2. The molecule has 0 bridgehead atoms. The van der Waals surface area contributed by atoms with E-state index in [1.54, 1.807) is 16.8 Å². The molecule has 0 spiro atoms. The minimum Gasteiger partial charge on any atom is -0.506 e. The molecule has 0 aliphatic carbocycles. The van der Waals surface area contributed by atoms with Gasteiger partial charge in [0.15, 0.2) is 0 Å². The molecule has 1 heterocycles. The second-order valence-electron chi connectivity index (χ2n) is 3.87. The fourth-order valence-electron chi connectivity index (χ4n) is 1.55. The number of nitrogens with zero attached hydrogens (tertiary/aromatic N) is 2. The number of hydrogen-bond acceptors (Lipinski definition) is 3. The fourth-order valence-corrected chi connectivity index (χ4v) is 1.76. The van der Waals surface area contributed by atoms with Gasteiger partial charge in [-0.15, -0.1) is 0 Å². The highest BCUT2D eigenvalue weighted by Gasteiger charge is 2.00. The zero-order valence-electron chi connectivity index (χ0n) is 9.52. The number of phenolic OH excluding ortho intramolecular Hbond substituents is 1. The van der Waals surface area contributed by atoms with Crippen LogP contribution in [0.1, 0.15) is 11.3 Å². The van der Waals surface area contributed by atoms with Crippen LogP contribution in [0.15, 0.2) is 30.5 Å². The third-order valence-corrected chi connectivity index (χ3v) is 2.72. The molecule has 2 N–H and O–H groups in total. The molecular formula is C12H14ClN3O. The Morgan fingerprint density at radius 1 is 1.35 bits per heavy atom. The highest BCUT2D eigenvalue weighted by atomic mass is 35.5. The summed E-state index contributed by atoms with van der Waals surface area (Å²) >= 11 is 5.82. The minimum absolute atomic E-state index is 0.111. The third-order valence-electron chi connectivity index (χ3n) is 2.42. The number of rotatable bonds is 4. The lowest BCUT2D eigenvalue weighted by Gasteiger charge is -2.04. The highest BCUT2D eigenvalue weighted by Crippen LogP contribution is 2.23. The largest absolute Gasteiger partial charge is 0.506 e. The summed E-state index contributed by atoms with van der Waals surface area (Å²) < 4.78 is 1.77. The summed E-state index contributed by atoms with van der Waals surface area (Å²) in [5.74, 6) is 0.111. The first-order valence-corrected chi connectivity index (χ1v) is 5.69. The topological polar surface area (TPSA) is 50.1 Å². The molecular weight excluding hydrogens is 238 g/mol. The summed E-state index contributed by atoms with van der Waals surface area (Å²) in [6, 6.07) is 7.16. The second kappa shape index (κ2) is 5.21. The van der Waals surface area contributed by atoms with E-state index in [1.165, 1.54) is 0 Å². The van der Waals surface area contributed by atoms with Gasteiger partial charge in [0, 0.05) is 26.3 Å². The number of halogens is 1. The Balaban J connectivity index is 1.87. The molecule has 4 nitrogen and oxygen atoms in total. The molecule has 0 saturated carbocycles. The average molecular weight is 252 g/mol. The van der Waals surface area contributed by atoms with Crippen molar-refractivity contribution in [3.05, 3.63) is 46.7 Å². The van der Waals surface area contributed by atoms with Crippen LogP contribution in [0.2, 0.25) is 5.02 Å². The first-order chi connectivity index (χ1) is 8.15. The molecule has 0 atom stereocenters. The van der Waals surface area contributed by atoms with Crippen molar-refractivity contribution in [3.63, 3.8) is 0 Å². The molecule has 1 aromatic carbocycles. The van der Waals surface area contributed by atoms with Crippen LogP contribution in [0.3, 0.4) is 0 Å². The maximum atomic E-state index is 9.28. The quantitative estimate of drug-likeness (QED) is 0.875. The van der Waals surface area contributed by atoms with Crippen LogP contribution in [-0.4, -0.2) is 14.9 Å². The Morgan fingerprint density at radius 2 is 2.18 bits per heavy atom. The second-order valence-corrected chi connectivity index (χ2v) is 4.28. The van der Waals surface area contributed by atoms with Crippen molar-refractivity contribution in [2.24, 2.45) is 7.05 Å². The summed E-state index contributed by atoms with van der Waals surface area (Å²) in [4.78, 5) is 0. The van der Waals surface area contributed by atoms with Crippen molar-refractivity contribution < 1.29 is 5.11 Å². The van der Waals surface area contributed by atoms with Crippen LogP contribution in [-0.2, 0) is 20.1 Å². The van der Waals surface area contributed by atoms with Crippen molar-refractivity contribution in [2.45, 2.75) is 13.1 Å². The molecule has 0 aliphatic heterocycles. The SMILES string of the molecule is Cn1ccc(CNCc2ccc(O)c(Cl)c2)n1. The number of aromatic nitrogens is 2. The van der Waals surface area contributed by atoms with Crippen LogP contribution >= 0.6 is 11.6 Å². The first-order valence-electron chi connectivity index (χ1n) is 5.32. The molecule has 1 aromatic heterocycles. The van der Waals surface area contributed by atoms with E-state index in [1.807, 2.05) is 25.4 Å². The van der Waals surface area contributed by atoms with Crippen molar-refractivity contribution in [1.29, 1.82) is 0 Å². The van der Waals surface area contributed by atoms with Gasteiger partial charge in [-0.1, -0.05) is 17.7 Å². The fraction of sp³-hybridized carbons (Fsp3) is 0.250. The van der Waals surface area contributed by atoms with Gasteiger partial charge in [-0.2, -0.15) is 5.10 Å². The van der Waals surface area contributed by atoms with Gasteiger partial charge in [-0.25, -0.2) is 0 Å². The maximum absolute atomic E-state index is 9.28. The summed E-state index contributed by atoms with van der Waals surface area (Å²) in [7, 11) is 1.89. The van der Waals surface area contributed by atoms with E-state index in [9.17, 15) is 5.11 Å². The lowest BCUT2D eigenvalue weighted by atomic mass is 10.2. The molecule has 5 heteroatoms. The average Bonchev–Trinajstić information content (AvgIpc) is 2.70. The number of nitrogens with one attached hydrogen (secondary N) is 1. The maximum Gasteiger partial charge on any atom is 0.134 e. The predicted molar refractivity (Wildman–Crippen MR) is 66.9 cm³/mol. The van der Waals surface area contributed by atoms with E-state index < -0.39 is 0 Å². The van der Waals surface area contributed by atoms with Crippen LogP contribution in [0, 0.1) is 0 Å². The normalized spacial score (nSPS) is 10.7. The van der Waals surface area contributed by atoms with Gasteiger partial charge < -0.3 is 10.4 Å². The van der Waals surface area contributed by atoms with E-state index in [0.29, 0.717) is 18.1 Å². The Morgan fingerprint density at radius 3 is 2.82 bits per heavy atom. The Kier molecular flexibility index (Phi) is 3.66. The zero-order chi connectivity index (χ0) is 12.3. The molecule has 90 valence electrons. The lowest BCUT2D eigenvalue weighted by molar-refractivity contribution is 0.475. The van der Waals surface area contributed by atoms with E-state index in [0.717, 1.165) is 11.3 Å². The van der Waals surface area contributed by atoms with E-state index in [4.69, 9.17) is 11.6 Å². The van der Waals surface area contributed by atoms with Crippen LogP contribution in [0.4, 0.5) is 0 Å². The zero-order valence-corrected chi connectivity index (χ0v) is 10.3. The molecule has 0 saturated heterocycles. The highest BCUT2D eigenvalue weighted by molar-refractivity contribution is 6.32. The van der Waals surface area contributed by atoms with Crippen molar-refractivity contribution in [2.75, 3.05) is 0 Å². The Labute approximate surface area is 105 Å². The van der Waals surface area contributed by atoms with Gasteiger partial charge in [0.2, 0.25) is 0 Å².